The Morgan fingerprint density at radius 3 is 2.17 bits per heavy atom. The fourth-order valence-electron chi connectivity index (χ4n) is 1.67. The van der Waals surface area contributed by atoms with Crippen LogP contribution in [0, 0.1) is 11.3 Å². The largest absolute Gasteiger partial charge is 0.322 e. The zero-order valence-electron chi connectivity index (χ0n) is 11.2. The van der Waals surface area contributed by atoms with Gasteiger partial charge in [0.2, 0.25) is 5.91 Å². The van der Waals surface area contributed by atoms with Gasteiger partial charge in [-0.05, 0) is 11.8 Å². The maximum absolute atomic E-state index is 11.6. The van der Waals surface area contributed by atoms with Gasteiger partial charge in [-0.2, -0.15) is 5.26 Å². The predicted octanol–water partition coefficient (Wildman–Crippen LogP) is 2.58. The fraction of sp³-hybridized carbons (Fsp3) is 0.538. The van der Waals surface area contributed by atoms with Crippen LogP contribution in [0.3, 0.4) is 0 Å². The summed E-state index contributed by atoms with van der Waals surface area (Å²) >= 11 is 0. The fourth-order valence-corrected chi connectivity index (χ4v) is 1.67. The average molecular weight is 246 g/mol. The summed E-state index contributed by atoms with van der Waals surface area (Å²) < 4.78 is 0. The van der Waals surface area contributed by atoms with E-state index in [9.17, 15) is 4.79 Å². The molecule has 1 amide bonds. The molecule has 1 heterocycles. The molecule has 0 aliphatic carbocycles. The van der Waals surface area contributed by atoms with Gasteiger partial charge in [-0.15, -0.1) is 0 Å². The van der Waals surface area contributed by atoms with E-state index in [1.54, 1.807) is 0 Å². The molecule has 0 bridgehead atoms. The number of aromatic nitrogens is 2. The van der Waals surface area contributed by atoms with Crippen LogP contribution in [0.1, 0.15) is 57.3 Å². The Hall–Kier alpha value is -1.96. The molecule has 0 radical (unpaired) electrons. The molecule has 1 aromatic rings. The van der Waals surface area contributed by atoms with Crippen molar-refractivity contribution in [2.24, 2.45) is 0 Å². The van der Waals surface area contributed by atoms with Crippen molar-refractivity contribution >= 4 is 11.6 Å². The van der Waals surface area contributed by atoms with Gasteiger partial charge in [0.15, 0.2) is 0 Å². The Balaban J connectivity index is 3.19. The predicted molar refractivity (Wildman–Crippen MR) is 69.1 cm³/mol. The van der Waals surface area contributed by atoms with Crippen molar-refractivity contribution in [3.63, 3.8) is 0 Å². The first-order chi connectivity index (χ1) is 8.47. The van der Waals surface area contributed by atoms with Gasteiger partial charge in [0, 0.05) is 0 Å². The summed E-state index contributed by atoms with van der Waals surface area (Å²) in [7, 11) is 0. The summed E-state index contributed by atoms with van der Waals surface area (Å²) in [6.07, 6.45) is 1.36. The second kappa shape index (κ2) is 6.10. The minimum Gasteiger partial charge on any atom is -0.322 e. The summed E-state index contributed by atoms with van der Waals surface area (Å²) in [4.78, 5) is 20.0. The van der Waals surface area contributed by atoms with Gasteiger partial charge in [0.25, 0.3) is 0 Å². The zero-order chi connectivity index (χ0) is 13.7. The Bertz CT molecular complexity index is 448. The lowest BCUT2D eigenvalue weighted by Gasteiger charge is -2.17. The molecule has 5 heteroatoms. The first kappa shape index (κ1) is 14.1. The third-order valence-corrected chi connectivity index (χ3v) is 2.50. The zero-order valence-corrected chi connectivity index (χ0v) is 11.2. The number of amides is 1. The molecule has 0 fully saturated rings. The van der Waals surface area contributed by atoms with Gasteiger partial charge < -0.3 is 5.32 Å². The van der Waals surface area contributed by atoms with Crippen molar-refractivity contribution < 1.29 is 4.79 Å². The van der Waals surface area contributed by atoms with Gasteiger partial charge >= 0.3 is 0 Å². The van der Waals surface area contributed by atoms with Crippen LogP contribution in [0.25, 0.3) is 0 Å². The summed E-state index contributed by atoms with van der Waals surface area (Å²) in [6.45, 7) is 8.03. The first-order valence-corrected chi connectivity index (χ1v) is 5.99. The molecule has 0 aliphatic rings. The normalized spacial score (nSPS) is 10.5. The van der Waals surface area contributed by atoms with Crippen molar-refractivity contribution in [3.8, 4) is 6.07 Å². The monoisotopic (exact) mass is 246 g/mol. The first-order valence-electron chi connectivity index (χ1n) is 5.99. The third-order valence-electron chi connectivity index (χ3n) is 2.50. The molecule has 18 heavy (non-hydrogen) atoms. The summed E-state index contributed by atoms with van der Waals surface area (Å²) in [6, 6.07) is 1.83. The molecule has 0 unspecified atom stereocenters. The SMILES string of the molecule is CC(C)c1ncnc(C(C)C)c1NC(=O)CC#N. The number of rotatable bonds is 4. The van der Waals surface area contributed by atoms with Gasteiger partial charge in [-0.1, -0.05) is 27.7 Å². The van der Waals surface area contributed by atoms with E-state index < -0.39 is 0 Å². The summed E-state index contributed by atoms with van der Waals surface area (Å²) in [5.74, 6) is 0.0434. The molecule has 1 rings (SSSR count). The van der Waals surface area contributed by atoms with Gasteiger partial charge in [-0.25, -0.2) is 9.97 Å². The van der Waals surface area contributed by atoms with Crippen LogP contribution in [0.5, 0.6) is 0 Å². The lowest BCUT2D eigenvalue weighted by atomic mass is 10.0. The van der Waals surface area contributed by atoms with Crippen molar-refractivity contribution in [2.45, 2.75) is 46.0 Å². The van der Waals surface area contributed by atoms with E-state index in [1.807, 2.05) is 33.8 Å². The minimum atomic E-state index is -0.323. The maximum Gasteiger partial charge on any atom is 0.238 e. The second-order valence-corrected chi connectivity index (χ2v) is 4.71. The molecule has 5 nitrogen and oxygen atoms in total. The van der Waals surface area contributed by atoms with Crippen LogP contribution in [-0.4, -0.2) is 15.9 Å². The van der Waals surface area contributed by atoms with E-state index in [1.165, 1.54) is 6.33 Å². The van der Waals surface area contributed by atoms with Crippen molar-refractivity contribution in [1.82, 2.24) is 9.97 Å². The number of anilines is 1. The van der Waals surface area contributed by atoms with E-state index in [0.29, 0.717) is 5.69 Å². The van der Waals surface area contributed by atoms with E-state index >= 15 is 0 Å². The van der Waals surface area contributed by atoms with Crippen LogP contribution in [0.4, 0.5) is 5.69 Å². The Kier molecular flexibility index (Phi) is 4.78. The molecule has 0 saturated heterocycles. The van der Waals surface area contributed by atoms with Crippen LogP contribution in [0.2, 0.25) is 0 Å². The highest BCUT2D eigenvalue weighted by Gasteiger charge is 2.18. The molecular formula is C13H18N4O. The van der Waals surface area contributed by atoms with E-state index in [4.69, 9.17) is 5.26 Å². The number of hydrogen-bond donors (Lipinski definition) is 1. The second-order valence-electron chi connectivity index (χ2n) is 4.71. The number of nitrogens with one attached hydrogen (secondary N) is 1. The lowest BCUT2D eigenvalue weighted by Crippen LogP contribution is -2.16. The highest BCUT2D eigenvalue weighted by molar-refractivity contribution is 5.93. The maximum atomic E-state index is 11.6. The number of nitriles is 1. The van der Waals surface area contributed by atoms with Crippen LogP contribution < -0.4 is 5.32 Å². The van der Waals surface area contributed by atoms with Crippen LogP contribution in [-0.2, 0) is 4.79 Å². The Morgan fingerprint density at radius 1 is 1.28 bits per heavy atom. The average Bonchev–Trinajstić information content (AvgIpc) is 2.28. The molecule has 0 aromatic carbocycles. The van der Waals surface area contributed by atoms with E-state index in [0.717, 1.165) is 11.4 Å². The summed E-state index contributed by atoms with van der Waals surface area (Å²) in [5.41, 5.74) is 2.27. The van der Waals surface area contributed by atoms with Gasteiger partial charge in [0.1, 0.15) is 12.7 Å². The topological polar surface area (TPSA) is 78.7 Å². The van der Waals surface area contributed by atoms with Crippen molar-refractivity contribution in [2.75, 3.05) is 5.32 Å². The Labute approximate surface area is 107 Å². The Morgan fingerprint density at radius 2 is 1.78 bits per heavy atom. The van der Waals surface area contributed by atoms with E-state index in [-0.39, 0.29) is 24.2 Å². The molecule has 96 valence electrons. The lowest BCUT2D eigenvalue weighted by molar-refractivity contribution is -0.115. The molecule has 1 N–H and O–H groups in total. The van der Waals surface area contributed by atoms with E-state index in [2.05, 4.69) is 15.3 Å². The molecule has 0 saturated carbocycles. The number of carbonyl (C=O) groups is 1. The van der Waals surface area contributed by atoms with Crippen LogP contribution >= 0.6 is 0 Å². The third kappa shape index (κ3) is 3.27. The smallest absolute Gasteiger partial charge is 0.238 e. The number of hydrogen-bond acceptors (Lipinski definition) is 4. The summed E-state index contributed by atoms with van der Waals surface area (Å²) in [5, 5.41) is 11.3. The number of carbonyl (C=O) groups excluding carboxylic acids is 1. The van der Waals surface area contributed by atoms with Crippen molar-refractivity contribution in [3.05, 3.63) is 17.7 Å². The van der Waals surface area contributed by atoms with Gasteiger partial charge in [-0.3, -0.25) is 4.79 Å². The molecule has 0 spiro atoms. The van der Waals surface area contributed by atoms with Gasteiger partial charge in [0.05, 0.1) is 23.1 Å². The highest BCUT2D eigenvalue weighted by Crippen LogP contribution is 2.28. The highest BCUT2D eigenvalue weighted by atomic mass is 16.1. The minimum absolute atomic E-state index is 0.163. The van der Waals surface area contributed by atoms with Crippen LogP contribution in [0.15, 0.2) is 6.33 Å². The number of nitrogens with zero attached hydrogens (tertiary/aromatic N) is 3. The molecule has 0 atom stereocenters. The standard InChI is InChI=1S/C13H18N4O/c1-8(2)11-13(17-10(18)5-6-14)12(9(3)4)16-7-15-11/h7-9H,5H2,1-4H3,(H,17,18). The molecular weight excluding hydrogens is 228 g/mol. The quantitative estimate of drug-likeness (QED) is 0.885. The molecule has 0 aliphatic heterocycles. The molecule has 1 aromatic heterocycles. The van der Waals surface area contributed by atoms with Crippen molar-refractivity contribution in [1.29, 1.82) is 5.26 Å².